The topological polar surface area (TPSA) is 53.2 Å². The zero-order chi connectivity index (χ0) is 19.5. The number of aromatic nitrogens is 2. The minimum atomic E-state index is 0.0965. The van der Waals surface area contributed by atoms with Gasteiger partial charge in [-0.3, -0.25) is 0 Å². The van der Waals surface area contributed by atoms with E-state index in [1.807, 2.05) is 24.4 Å². The van der Waals surface area contributed by atoms with Crippen molar-refractivity contribution < 1.29 is 4.74 Å². The maximum Gasteiger partial charge on any atom is 0.146 e. The molecule has 4 nitrogen and oxygen atoms in total. The number of aryl methyl sites for hydroxylation is 1. The summed E-state index contributed by atoms with van der Waals surface area (Å²) in [5.74, 6) is 1.13. The van der Waals surface area contributed by atoms with Crippen LogP contribution in [-0.4, -0.2) is 28.2 Å². The molecule has 2 aromatic rings. The second-order valence-electron chi connectivity index (χ2n) is 7.72. The van der Waals surface area contributed by atoms with Crippen LogP contribution in [0.15, 0.2) is 46.9 Å². The number of fused-ring (bicyclic) bond motifs is 2. The van der Waals surface area contributed by atoms with Crippen LogP contribution in [0.3, 0.4) is 0 Å². The van der Waals surface area contributed by atoms with Crippen molar-refractivity contribution in [3.63, 3.8) is 0 Å². The summed E-state index contributed by atoms with van der Waals surface area (Å²) >= 11 is 6.62. The van der Waals surface area contributed by atoms with Crippen LogP contribution in [0.4, 0.5) is 0 Å². The van der Waals surface area contributed by atoms with Gasteiger partial charge in [-0.1, -0.05) is 19.3 Å². The number of nitrogens with zero attached hydrogens (tertiary/aromatic N) is 1. The highest BCUT2D eigenvalue weighted by Gasteiger charge is 2.24. The fourth-order valence-corrected chi connectivity index (χ4v) is 4.48. The number of rotatable bonds is 4. The highest BCUT2D eigenvalue weighted by atomic mass is 35.5. The van der Waals surface area contributed by atoms with Crippen molar-refractivity contribution in [2.24, 2.45) is 4.99 Å². The van der Waals surface area contributed by atoms with E-state index in [2.05, 4.69) is 29.0 Å². The summed E-state index contributed by atoms with van der Waals surface area (Å²) in [6.07, 6.45) is 13.3. The number of aromatic amines is 2. The lowest BCUT2D eigenvalue weighted by Crippen LogP contribution is -2.10. The molecule has 0 radical (unpaired) electrons. The Morgan fingerprint density at radius 1 is 1.29 bits per heavy atom. The third-order valence-electron chi connectivity index (χ3n) is 5.74. The van der Waals surface area contributed by atoms with Gasteiger partial charge in [0.2, 0.25) is 0 Å². The average molecular weight is 398 g/mol. The van der Waals surface area contributed by atoms with Gasteiger partial charge in [0, 0.05) is 35.0 Å². The van der Waals surface area contributed by atoms with Gasteiger partial charge in [-0.15, -0.1) is 11.6 Å². The minimum absolute atomic E-state index is 0.0965. The molecule has 0 amide bonds. The fraction of sp³-hybridized carbons (Fsp3) is 0.435. The number of hydrogen-bond donors (Lipinski definition) is 2. The average Bonchev–Trinajstić information content (AvgIpc) is 3.41. The van der Waals surface area contributed by atoms with Crippen molar-refractivity contribution >= 4 is 23.4 Å². The molecule has 4 rings (SSSR count). The van der Waals surface area contributed by atoms with E-state index in [0.717, 1.165) is 41.4 Å². The van der Waals surface area contributed by atoms with E-state index in [0.29, 0.717) is 5.92 Å². The van der Waals surface area contributed by atoms with E-state index in [1.54, 1.807) is 7.11 Å². The summed E-state index contributed by atoms with van der Waals surface area (Å²) < 4.78 is 5.61. The first-order valence-electron chi connectivity index (χ1n) is 10.2. The highest BCUT2D eigenvalue weighted by molar-refractivity contribution is 6.21. The second kappa shape index (κ2) is 8.44. The molecule has 0 saturated carbocycles. The van der Waals surface area contributed by atoms with Gasteiger partial charge in [0.25, 0.3) is 0 Å². The largest absolute Gasteiger partial charge is 0.494 e. The first-order chi connectivity index (χ1) is 13.7. The third-order valence-corrected chi connectivity index (χ3v) is 6.04. The van der Waals surface area contributed by atoms with E-state index in [9.17, 15) is 0 Å². The molecule has 0 spiro atoms. The maximum absolute atomic E-state index is 6.62. The van der Waals surface area contributed by atoms with Gasteiger partial charge in [0.1, 0.15) is 11.5 Å². The number of hydrogen-bond acceptors (Lipinski definition) is 2. The summed E-state index contributed by atoms with van der Waals surface area (Å²) in [7, 11) is 1.69. The van der Waals surface area contributed by atoms with Crippen LogP contribution in [0.5, 0.6) is 0 Å². The Labute approximate surface area is 171 Å². The fourth-order valence-electron chi connectivity index (χ4n) is 4.22. The SMILES string of the molecule is COC1=CC(c2ccc[nH]2)=N/C1=C/c1[nH]c2cc1C(C(C)Cl)CCCCCC2. The van der Waals surface area contributed by atoms with E-state index < -0.39 is 0 Å². The Balaban J connectivity index is 1.74. The van der Waals surface area contributed by atoms with Gasteiger partial charge in [0.05, 0.1) is 18.5 Å². The predicted octanol–water partition coefficient (Wildman–Crippen LogP) is 5.93. The molecular formula is C23H28ClN3O. The predicted molar refractivity (Wildman–Crippen MR) is 116 cm³/mol. The maximum atomic E-state index is 6.62. The van der Waals surface area contributed by atoms with Gasteiger partial charge in [-0.05, 0) is 56.0 Å². The molecule has 0 aromatic carbocycles. The van der Waals surface area contributed by atoms with Gasteiger partial charge < -0.3 is 14.7 Å². The summed E-state index contributed by atoms with van der Waals surface area (Å²) in [6, 6.07) is 6.32. The zero-order valence-electron chi connectivity index (χ0n) is 16.6. The molecule has 1 aliphatic heterocycles. The number of ether oxygens (including phenoxy) is 1. The number of allylic oxidation sites excluding steroid dienone is 1. The Kier molecular flexibility index (Phi) is 5.77. The number of nitrogens with one attached hydrogen (secondary N) is 2. The lowest BCUT2D eigenvalue weighted by atomic mass is 9.89. The first-order valence-corrected chi connectivity index (χ1v) is 10.7. The molecular weight excluding hydrogens is 370 g/mol. The third kappa shape index (κ3) is 3.97. The van der Waals surface area contributed by atoms with Crippen molar-refractivity contribution in [2.75, 3.05) is 7.11 Å². The molecule has 148 valence electrons. The minimum Gasteiger partial charge on any atom is -0.494 e. The van der Waals surface area contributed by atoms with E-state index in [4.69, 9.17) is 21.3 Å². The monoisotopic (exact) mass is 397 g/mol. The first kappa shape index (κ1) is 19.1. The Morgan fingerprint density at radius 3 is 2.89 bits per heavy atom. The van der Waals surface area contributed by atoms with Crippen LogP contribution in [-0.2, 0) is 11.2 Å². The number of methoxy groups -OCH3 is 1. The number of H-pyrrole nitrogens is 2. The van der Waals surface area contributed by atoms with Gasteiger partial charge in [-0.25, -0.2) is 4.99 Å². The molecule has 3 heterocycles. The van der Waals surface area contributed by atoms with E-state index in [-0.39, 0.29) is 5.38 Å². The summed E-state index contributed by atoms with van der Waals surface area (Å²) in [5.41, 5.74) is 6.44. The van der Waals surface area contributed by atoms with Crippen molar-refractivity contribution in [3.8, 4) is 0 Å². The molecule has 2 N–H and O–H groups in total. The Bertz CT molecular complexity index is 902. The molecule has 5 heteroatoms. The second-order valence-corrected chi connectivity index (χ2v) is 8.41. The van der Waals surface area contributed by atoms with Crippen LogP contribution in [0.1, 0.15) is 67.6 Å². The summed E-state index contributed by atoms with van der Waals surface area (Å²) in [4.78, 5) is 11.7. The lowest BCUT2D eigenvalue weighted by molar-refractivity contribution is 0.303. The van der Waals surface area contributed by atoms with Crippen LogP contribution in [0.2, 0.25) is 0 Å². The molecule has 1 aliphatic carbocycles. The molecule has 2 bridgehead atoms. The van der Waals surface area contributed by atoms with E-state index >= 15 is 0 Å². The van der Waals surface area contributed by atoms with Crippen LogP contribution >= 0.6 is 11.6 Å². The molecule has 2 atom stereocenters. The Hall–Kier alpha value is -2.20. The standard InChI is InChI=1S/C23H28ClN3O/c1-15(24)17-9-6-4-3-5-8-16-12-18(17)20(26-16)13-22-23(28-2)14-21(27-22)19-10-7-11-25-19/h7,10-15,17,25-26H,3-6,8-9H2,1-2H3/b22-13+. The number of alkyl halides is 1. The van der Waals surface area contributed by atoms with Crippen molar-refractivity contribution in [1.82, 2.24) is 9.97 Å². The zero-order valence-corrected chi connectivity index (χ0v) is 17.4. The molecule has 2 aliphatic rings. The quantitative estimate of drug-likeness (QED) is 0.616. The number of aliphatic imine (C=N–C) groups is 1. The summed E-state index contributed by atoms with van der Waals surface area (Å²) in [5, 5.41) is 0.0965. The molecule has 2 aromatic heterocycles. The smallest absolute Gasteiger partial charge is 0.146 e. The van der Waals surface area contributed by atoms with Gasteiger partial charge in [-0.2, -0.15) is 0 Å². The van der Waals surface area contributed by atoms with E-state index in [1.165, 1.54) is 36.9 Å². The van der Waals surface area contributed by atoms with Crippen molar-refractivity contribution in [2.45, 2.75) is 56.7 Å². The Morgan fingerprint density at radius 2 is 2.14 bits per heavy atom. The lowest BCUT2D eigenvalue weighted by Gasteiger charge is -2.20. The van der Waals surface area contributed by atoms with Crippen molar-refractivity contribution in [3.05, 3.63) is 64.6 Å². The molecule has 28 heavy (non-hydrogen) atoms. The summed E-state index contributed by atoms with van der Waals surface area (Å²) in [6.45, 7) is 2.11. The molecule has 0 fully saturated rings. The van der Waals surface area contributed by atoms with Crippen molar-refractivity contribution in [1.29, 1.82) is 0 Å². The molecule has 0 saturated heterocycles. The van der Waals surface area contributed by atoms with Crippen LogP contribution in [0.25, 0.3) is 6.08 Å². The van der Waals surface area contributed by atoms with Crippen LogP contribution in [0, 0.1) is 0 Å². The van der Waals surface area contributed by atoms with Gasteiger partial charge >= 0.3 is 0 Å². The number of halogens is 1. The molecule has 2 unspecified atom stereocenters. The van der Waals surface area contributed by atoms with Crippen LogP contribution < -0.4 is 0 Å². The normalized spacial score (nSPS) is 22.7. The van der Waals surface area contributed by atoms with Gasteiger partial charge in [0.15, 0.2) is 0 Å². The highest BCUT2D eigenvalue weighted by Crippen LogP contribution is 2.35.